The van der Waals surface area contributed by atoms with Crippen molar-refractivity contribution < 1.29 is 9.31 Å². The van der Waals surface area contributed by atoms with E-state index in [0.29, 0.717) is 0 Å². The lowest BCUT2D eigenvalue weighted by atomic mass is 10.2. The second-order valence-corrected chi connectivity index (χ2v) is 4.51. The Balaban J connectivity index is 2.52. The van der Waals surface area contributed by atoms with E-state index in [-0.39, 0.29) is 27.5 Å². The number of nitro groups is 1. The van der Waals surface area contributed by atoms with Crippen molar-refractivity contribution in [1.29, 1.82) is 0 Å². The van der Waals surface area contributed by atoms with Crippen LogP contribution in [0.5, 0.6) is 0 Å². The fourth-order valence-electron chi connectivity index (χ4n) is 1.56. The van der Waals surface area contributed by atoms with E-state index in [1.54, 1.807) is 0 Å². The van der Waals surface area contributed by atoms with Crippen LogP contribution < -0.4 is 4.90 Å². The number of benzene rings is 1. The monoisotopic (exact) mass is 316 g/mol. The third kappa shape index (κ3) is 2.78. The van der Waals surface area contributed by atoms with Crippen LogP contribution in [0.1, 0.15) is 0 Å². The van der Waals surface area contributed by atoms with E-state index < -0.39 is 10.7 Å². The number of hydrogen-bond acceptors (Lipinski definition) is 5. The molecule has 20 heavy (non-hydrogen) atoms. The number of rotatable bonds is 3. The van der Waals surface area contributed by atoms with Gasteiger partial charge < -0.3 is 4.90 Å². The first kappa shape index (κ1) is 14.4. The average Bonchev–Trinajstić information content (AvgIpc) is 2.41. The minimum Gasteiger partial charge on any atom is -0.325 e. The Morgan fingerprint density at radius 1 is 1.40 bits per heavy atom. The first-order valence-corrected chi connectivity index (χ1v) is 6.01. The fraction of sp³-hybridized carbons (Fsp3) is 0.0909. The summed E-state index contributed by atoms with van der Waals surface area (Å²) in [5.41, 5.74) is -0.291. The molecular weight excluding hydrogens is 310 g/mol. The molecule has 2 aromatic rings. The molecule has 0 saturated carbocycles. The Bertz CT molecular complexity index is 683. The number of nitrogens with zero attached hydrogens (tertiary/aromatic N) is 4. The predicted octanol–water partition coefficient (Wildman–Crippen LogP) is 3.60. The third-order valence-electron chi connectivity index (χ3n) is 2.52. The zero-order chi connectivity index (χ0) is 14.9. The molecule has 0 unspecified atom stereocenters. The summed E-state index contributed by atoms with van der Waals surface area (Å²) >= 11 is 11.6. The number of nitro benzene ring substituents is 1. The van der Waals surface area contributed by atoms with Crippen LogP contribution in [0, 0.1) is 15.9 Å². The van der Waals surface area contributed by atoms with Crippen LogP contribution in [0.3, 0.4) is 0 Å². The van der Waals surface area contributed by atoms with E-state index in [0.717, 1.165) is 18.2 Å². The highest BCUT2D eigenvalue weighted by molar-refractivity contribution is 6.33. The lowest BCUT2D eigenvalue weighted by Gasteiger charge is -2.19. The molecule has 0 atom stereocenters. The van der Waals surface area contributed by atoms with Gasteiger partial charge in [0.05, 0.1) is 16.8 Å². The molecule has 0 aliphatic carbocycles. The smallest absolute Gasteiger partial charge is 0.271 e. The van der Waals surface area contributed by atoms with E-state index in [1.807, 2.05) is 0 Å². The van der Waals surface area contributed by atoms with Gasteiger partial charge in [-0.15, -0.1) is 0 Å². The molecule has 0 aliphatic rings. The van der Waals surface area contributed by atoms with Crippen LogP contribution >= 0.6 is 23.2 Å². The van der Waals surface area contributed by atoms with Gasteiger partial charge >= 0.3 is 0 Å². The van der Waals surface area contributed by atoms with Crippen molar-refractivity contribution in [3.63, 3.8) is 0 Å². The Labute approximate surface area is 122 Å². The second-order valence-electron chi connectivity index (χ2n) is 3.76. The second kappa shape index (κ2) is 5.56. The summed E-state index contributed by atoms with van der Waals surface area (Å²) < 4.78 is 13.8. The van der Waals surface area contributed by atoms with Gasteiger partial charge in [0.25, 0.3) is 5.69 Å². The van der Waals surface area contributed by atoms with Gasteiger partial charge in [-0.2, -0.15) is 4.98 Å². The highest BCUT2D eigenvalue weighted by Crippen LogP contribution is 2.32. The molecule has 2 rings (SSSR count). The van der Waals surface area contributed by atoms with Crippen LogP contribution in [0.25, 0.3) is 0 Å². The van der Waals surface area contributed by atoms with Gasteiger partial charge in [-0.1, -0.05) is 11.6 Å². The minimum absolute atomic E-state index is 0.0455. The minimum atomic E-state index is -0.649. The molecule has 0 saturated heterocycles. The summed E-state index contributed by atoms with van der Waals surface area (Å²) in [6.45, 7) is 0. The predicted molar refractivity (Wildman–Crippen MR) is 73.2 cm³/mol. The lowest BCUT2D eigenvalue weighted by molar-refractivity contribution is -0.384. The van der Waals surface area contributed by atoms with E-state index in [1.165, 1.54) is 18.1 Å². The van der Waals surface area contributed by atoms with Crippen LogP contribution in [0.15, 0.2) is 24.4 Å². The molecule has 0 N–H and O–H groups in total. The molecule has 0 aliphatic heterocycles. The first-order chi connectivity index (χ1) is 9.40. The van der Waals surface area contributed by atoms with Gasteiger partial charge in [0, 0.05) is 19.2 Å². The summed E-state index contributed by atoms with van der Waals surface area (Å²) in [6.07, 6.45) is 1.26. The molecular formula is C11H7Cl2FN4O2. The van der Waals surface area contributed by atoms with Gasteiger partial charge in [-0.25, -0.2) is 9.37 Å². The van der Waals surface area contributed by atoms with Crippen molar-refractivity contribution in [2.24, 2.45) is 0 Å². The average molecular weight is 317 g/mol. The van der Waals surface area contributed by atoms with Crippen molar-refractivity contribution >= 4 is 40.4 Å². The number of anilines is 2. The number of aromatic nitrogens is 2. The fourth-order valence-corrected chi connectivity index (χ4v) is 1.90. The van der Waals surface area contributed by atoms with Gasteiger partial charge in [0.2, 0.25) is 5.28 Å². The SMILES string of the molecule is CN(c1cc([N+](=O)[O-])ccc1F)c1nc(Cl)ncc1Cl. The van der Waals surface area contributed by atoms with Gasteiger partial charge in [-0.3, -0.25) is 10.1 Å². The Hall–Kier alpha value is -1.99. The third-order valence-corrected chi connectivity index (χ3v) is 2.96. The van der Waals surface area contributed by atoms with Crippen LogP contribution in [0.2, 0.25) is 10.3 Å². The van der Waals surface area contributed by atoms with Gasteiger partial charge in [0.15, 0.2) is 5.82 Å². The maximum absolute atomic E-state index is 13.8. The molecule has 1 aromatic carbocycles. The zero-order valence-corrected chi connectivity index (χ0v) is 11.6. The van der Waals surface area contributed by atoms with Crippen molar-refractivity contribution in [1.82, 2.24) is 9.97 Å². The Morgan fingerprint density at radius 3 is 2.75 bits per heavy atom. The summed E-state index contributed by atoms with van der Waals surface area (Å²) in [5, 5.41) is 10.8. The van der Waals surface area contributed by atoms with Crippen LogP contribution in [-0.2, 0) is 0 Å². The van der Waals surface area contributed by atoms with Crippen LogP contribution in [0.4, 0.5) is 21.6 Å². The van der Waals surface area contributed by atoms with Crippen molar-refractivity contribution in [2.45, 2.75) is 0 Å². The van der Waals surface area contributed by atoms with Crippen LogP contribution in [-0.4, -0.2) is 21.9 Å². The maximum Gasteiger partial charge on any atom is 0.271 e. The maximum atomic E-state index is 13.8. The summed E-state index contributed by atoms with van der Waals surface area (Å²) in [5.74, 6) is -0.505. The standard InChI is InChI=1S/C11H7Cl2FN4O2/c1-17(10-7(12)5-15-11(13)16-10)9-4-6(18(19)20)2-3-8(9)14/h2-5H,1H3. The summed E-state index contributed by atoms with van der Waals surface area (Å²) in [7, 11) is 1.46. The highest BCUT2D eigenvalue weighted by Gasteiger charge is 2.18. The van der Waals surface area contributed by atoms with Crippen molar-refractivity contribution in [3.05, 3.63) is 50.6 Å². The van der Waals surface area contributed by atoms with Gasteiger partial charge in [0.1, 0.15) is 10.8 Å². The quantitative estimate of drug-likeness (QED) is 0.491. The normalized spacial score (nSPS) is 10.4. The van der Waals surface area contributed by atoms with E-state index >= 15 is 0 Å². The highest BCUT2D eigenvalue weighted by atomic mass is 35.5. The summed E-state index contributed by atoms with van der Waals surface area (Å²) in [4.78, 5) is 18.9. The van der Waals surface area contributed by atoms with Crippen molar-refractivity contribution in [3.8, 4) is 0 Å². The first-order valence-electron chi connectivity index (χ1n) is 5.26. The molecule has 0 bridgehead atoms. The Kier molecular flexibility index (Phi) is 4.01. The number of halogens is 3. The molecule has 1 heterocycles. The van der Waals surface area contributed by atoms with Crippen molar-refractivity contribution in [2.75, 3.05) is 11.9 Å². The Morgan fingerprint density at radius 2 is 2.10 bits per heavy atom. The lowest BCUT2D eigenvalue weighted by Crippen LogP contribution is -2.14. The molecule has 9 heteroatoms. The molecule has 6 nitrogen and oxygen atoms in total. The molecule has 0 radical (unpaired) electrons. The largest absolute Gasteiger partial charge is 0.325 e. The van der Waals surface area contributed by atoms with E-state index in [9.17, 15) is 14.5 Å². The molecule has 104 valence electrons. The topological polar surface area (TPSA) is 72.2 Å². The van der Waals surface area contributed by atoms with E-state index in [4.69, 9.17) is 23.2 Å². The molecule has 0 fully saturated rings. The summed E-state index contributed by atoms with van der Waals surface area (Å²) in [6, 6.07) is 3.16. The molecule has 0 amide bonds. The molecule has 0 spiro atoms. The van der Waals surface area contributed by atoms with E-state index in [2.05, 4.69) is 9.97 Å². The molecule has 1 aromatic heterocycles. The zero-order valence-electron chi connectivity index (χ0n) is 10.0. The van der Waals surface area contributed by atoms with Gasteiger partial charge in [-0.05, 0) is 17.7 Å². The number of hydrogen-bond donors (Lipinski definition) is 0. The number of non-ortho nitro benzene ring substituents is 1.